The fourth-order valence-electron chi connectivity index (χ4n) is 6.11. The van der Waals surface area contributed by atoms with Crippen LogP contribution in [0.4, 0.5) is 0 Å². The second kappa shape index (κ2) is 4.45. The molecule has 0 radical (unpaired) electrons. The minimum absolute atomic E-state index is 0.0962. The van der Waals surface area contributed by atoms with E-state index in [1.807, 2.05) is 0 Å². The summed E-state index contributed by atoms with van der Waals surface area (Å²) in [6, 6.07) is 0.252. The Hall–Kier alpha value is -0.600. The van der Waals surface area contributed by atoms with Crippen LogP contribution in [-0.2, 0) is 0 Å². The molecule has 2 nitrogen and oxygen atoms in total. The molecule has 0 aromatic carbocycles. The van der Waals surface area contributed by atoms with Gasteiger partial charge in [0.2, 0.25) is 0 Å². The van der Waals surface area contributed by atoms with Crippen molar-refractivity contribution in [3.05, 3.63) is 23.8 Å². The molecule has 0 aromatic heterocycles. The smallest absolute Gasteiger partial charge is 0.0599 e. The van der Waals surface area contributed by atoms with Gasteiger partial charge in [0.1, 0.15) is 0 Å². The molecule has 4 rings (SSSR count). The second-order valence-corrected chi connectivity index (χ2v) is 8.49. The lowest BCUT2D eigenvalue weighted by Crippen LogP contribution is -2.48. The molecule has 0 aliphatic heterocycles. The monoisotopic (exact) mass is 287 g/mol. The van der Waals surface area contributed by atoms with Gasteiger partial charge in [0, 0.05) is 16.9 Å². The maximum absolute atomic E-state index is 10.4. The minimum atomic E-state index is -0.0962. The molecule has 0 aromatic rings. The van der Waals surface area contributed by atoms with Crippen LogP contribution in [-0.4, -0.2) is 17.3 Å². The molecule has 0 heterocycles. The van der Waals surface area contributed by atoms with Gasteiger partial charge in [0.15, 0.2) is 0 Å². The molecule has 4 aliphatic carbocycles. The van der Waals surface area contributed by atoms with Crippen molar-refractivity contribution < 1.29 is 5.11 Å². The molecule has 1 unspecified atom stereocenters. The van der Waals surface area contributed by atoms with Crippen LogP contribution in [0, 0.1) is 28.6 Å². The molecule has 7 atom stereocenters. The third-order valence-electron chi connectivity index (χ3n) is 7.55. The number of allylic oxidation sites excluding steroid dienone is 3. The van der Waals surface area contributed by atoms with E-state index in [0.717, 1.165) is 25.2 Å². The number of aliphatic hydroxyl groups excluding tert-OH is 1. The van der Waals surface area contributed by atoms with E-state index in [0.29, 0.717) is 11.8 Å². The summed E-state index contributed by atoms with van der Waals surface area (Å²) < 4.78 is 0. The third kappa shape index (κ3) is 1.78. The highest BCUT2D eigenvalue weighted by molar-refractivity contribution is 5.34. The number of aliphatic hydroxyl groups is 1. The maximum Gasteiger partial charge on any atom is 0.0599 e. The van der Waals surface area contributed by atoms with Gasteiger partial charge in [0.05, 0.1) is 6.10 Å². The van der Waals surface area contributed by atoms with Crippen LogP contribution in [0.3, 0.4) is 0 Å². The number of hydrogen-bond acceptors (Lipinski definition) is 2. The predicted octanol–water partition coefficient (Wildman–Crippen LogP) is 3.41. The fraction of sp³-hybridized carbons (Fsp3) is 0.789. The first kappa shape index (κ1) is 14.0. The van der Waals surface area contributed by atoms with Gasteiger partial charge in [-0.3, -0.25) is 0 Å². The Balaban J connectivity index is 1.74. The van der Waals surface area contributed by atoms with Crippen LogP contribution in [0.25, 0.3) is 0 Å². The largest absolute Gasteiger partial charge is 0.393 e. The van der Waals surface area contributed by atoms with E-state index in [1.165, 1.54) is 19.3 Å². The van der Waals surface area contributed by atoms with E-state index in [9.17, 15) is 5.11 Å². The average Bonchev–Trinajstić information content (AvgIpc) is 2.76. The first-order chi connectivity index (χ1) is 9.95. The van der Waals surface area contributed by atoms with Crippen molar-refractivity contribution in [2.75, 3.05) is 0 Å². The summed E-state index contributed by atoms with van der Waals surface area (Å²) in [6.07, 6.45) is 14.1. The van der Waals surface area contributed by atoms with Gasteiger partial charge in [-0.05, 0) is 56.3 Å². The lowest BCUT2D eigenvalue weighted by Gasteiger charge is -2.54. The van der Waals surface area contributed by atoms with Crippen molar-refractivity contribution in [1.82, 2.24) is 0 Å². The molecule has 2 fully saturated rings. The molecule has 0 amide bonds. The van der Waals surface area contributed by atoms with Crippen LogP contribution >= 0.6 is 0 Å². The zero-order chi connectivity index (χ0) is 14.8. The van der Waals surface area contributed by atoms with Crippen molar-refractivity contribution in [3.63, 3.8) is 0 Å². The molecule has 3 N–H and O–H groups in total. The van der Waals surface area contributed by atoms with Gasteiger partial charge in [-0.25, -0.2) is 0 Å². The first-order valence-electron chi connectivity index (χ1n) is 8.78. The van der Waals surface area contributed by atoms with Gasteiger partial charge in [-0.1, -0.05) is 37.6 Å². The van der Waals surface area contributed by atoms with Gasteiger partial charge < -0.3 is 10.8 Å². The van der Waals surface area contributed by atoms with Crippen molar-refractivity contribution in [2.24, 2.45) is 34.3 Å². The molecule has 21 heavy (non-hydrogen) atoms. The second-order valence-electron chi connectivity index (χ2n) is 8.49. The van der Waals surface area contributed by atoms with Crippen LogP contribution in [0.5, 0.6) is 0 Å². The Morgan fingerprint density at radius 1 is 1.19 bits per heavy atom. The highest BCUT2D eigenvalue weighted by Gasteiger charge is 2.56. The molecular formula is C19H29NO. The van der Waals surface area contributed by atoms with E-state index in [4.69, 9.17) is 5.73 Å². The Bertz CT molecular complexity index is 510. The van der Waals surface area contributed by atoms with Crippen molar-refractivity contribution in [1.29, 1.82) is 0 Å². The Labute approximate surface area is 128 Å². The van der Waals surface area contributed by atoms with E-state index in [-0.39, 0.29) is 23.0 Å². The number of hydrogen-bond donors (Lipinski definition) is 2. The number of nitrogens with two attached hydrogens (primary N) is 1. The molecule has 2 heteroatoms. The average molecular weight is 287 g/mol. The van der Waals surface area contributed by atoms with Crippen LogP contribution < -0.4 is 5.73 Å². The summed E-state index contributed by atoms with van der Waals surface area (Å²) in [4.78, 5) is 0. The summed E-state index contributed by atoms with van der Waals surface area (Å²) >= 11 is 0. The topological polar surface area (TPSA) is 46.2 Å². The van der Waals surface area contributed by atoms with E-state index in [2.05, 4.69) is 32.1 Å². The van der Waals surface area contributed by atoms with Crippen molar-refractivity contribution in [2.45, 2.75) is 64.5 Å². The molecular weight excluding hydrogens is 258 g/mol. The quantitative estimate of drug-likeness (QED) is 0.671. The highest BCUT2D eigenvalue weighted by Crippen LogP contribution is 2.62. The zero-order valence-electron chi connectivity index (χ0n) is 13.4. The molecule has 2 saturated carbocycles. The van der Waals surface area contributed by atoms with Crippen LogP contribution in [0.1, 0.15) is 52.4 Å². The SMILES string of the molecule is C[C@]12CC=C3[C@@H](CCC4C[C@@H](N)C=C[C@]34C)[C@@H]1CC[C@@H]2O. The molecule has 0 saturated heterocycles. The lowest BCUT2D eigenvalue weighted by atomic mass is 9.50. The normalized spacial score (nSPS) is 55.4. The first-order valence-corrected chi connectivity index (χ1v) is 8.78. The standard InChI is InChI=1S/C19H29NO/c1-18-9-7-13(20)11-12(18)3-4-14-15-5-6-17(21)19(15,2)10-8-16(14)18/h7-9,12-15,17,21H,3-6,10-11,20H2,1-2H3/t12?,13-,14-,15-,17-,18-,19-/m0/s1. The maximum atomic E-state index is 10.4. The van der Waals surface area contributed by atoms with E-state index >= 15 is 0 Å². The van der Waals surface area contributed by atoms with Gasteiger partial charge in [0.25, 0.3) is 0 Å². The number of fused-ring (bicyclic) bond motifs is 5. The van der Waals surface area contributed by atoms with Gasteiger partial charge in [-0.2, -0.15) is 0 Å². The minimum Gasteiger partial charge on any atom is -0.393 e. The Morgan fingerprint density at radius 2 is 2.00 bits per heavy atom. The van der Waals surface area contributed by atoms with E-state index < -0.39 is 0 Å². The third-order valence-corrected chi connectivity index (χ3v) is 7.55. The van der Waals surface area contributed by atoms with Crippen molar-refractivity contribution >= 4 is 0 Å². The van der Waals surface area contributed by atoms with Crippen molar-refractivity contribution in [3.8, 4) is 0 Å². The summed E-state index contributed by atoms with van der Waals surface area (Å²) in [6.45, 7) is 4.76. The lowest BCUT2D eigenvalue weighted by molar-refractivity contribution is 0.00482. The van der Waals surface area contributed by atoms with Crippen LogP contribution in [0.15, 0.2) is 23.8 Å². The highest BCUT2D eigenvalue weighted by atomic mass is 16.3. The van der Waals surface area contributed by atoms with E-state index in [1.54, 1.807) is 5.57 Å². The molecule has 116 valence electrons. The molecule has 0 spiro atoms. The fourth-order valence-corrected chi connectivity index (χ4v) is 6.11. The Kier molecular flexibility index (Phi) is 2.97. The number of rotatable bonds is 0. The predicted molar refractivity (Wildman–Crippen MR) is 85.6 cm³/mol. The molecule has 0 bridgehead atoms. The zero-order valence-corrected chi connectivity index (χ0v) is 13.4. The van der Waals surface area contributed by atoms with Gasteiger partial charge in [-0.15, -0.1) is 0 Å². The summed E-state index contributed by atoms with van der Waals surface area (Å²) in [5, 5.41) is 10.4. The summed E-state index contributed by atoms with van der Waals surface area (Å²) in [5.74, 6) is 2.10. The summed E-state index contributed by atoms with van der Waals surface area (Å²) in [7, 11) is 0. The van der Waals surface area contributed by atoms with Gasteiger partial charge >= 0.3 is 0 Å². The molecule has 4 aliphatic rings. The Morgan fingerprint density at radius 3 is 2.81 bits per heavy atom. The van der Waals surface area contributed by atoms with Crippen LogP contribution in [0.2, 0.25) is 0 Å². The summed E-state index contributed by atoms with van der Waals surface area (Å²) in [5.41, 5.74) is 8.19.